The molecule has 0 amide bonds. The average Bonchev–Trinajstić information content (AvgIpc) is 2.28. The molecule has 1 atom stereocenters. The van der Waals surface area contributed by atoms with Gasteiger partial charge in [0.15, 0.2) is 0 Å². The van der Waals surface area contributed by atoms with Crippen LogP contribution in [0.25, 0.3) is 0 Å². The molecular formula is C13H16O3. The van der Waals surface area contributed by atoms with Crippen LogP contribution in [-0.4, -0.2) is 12.3 Å². The number of rotatable bonds is 5. The summed E-state index contributed by atoms with van der Waals surface area (Å²) in [6, 6.07) is 9.74. The van der Waals surface area contributed by atoms with E-state index in [0.29, 0.717) is 6.61 Å². The number of benzene rings is 1. The second kappa shape index (κ2) is 6.80. The Morgan fingerprint density at radius 1 is 1.38 bits per heavy atom. The maximum atomic E-state index is 11.1. The van der Waals surface area contributed by atoms with Crippen molar-refractivity contribution in [2.45, 2.75) is 26.7 Å². The van der Waals surface area contributed by atoms with Crippen molar-refractivity contribution < 1.29 is 14.3 Å². The smallest absolute Gasteiger partial charge is 0.332 e. The van der Waals surface area contributed by atoms with E-state index in [1.54, 1.807) is 19.9 Å². The summed E-state index contributed by atoms with van der Waals surface area (Å²) in [5, 5.41) is 0. The summed E-state index contributed by atoms with van der Waals surface area (Å²) in [4.78, 5) is 11.1. The van der Waals surface area contributed by atoms with Crippen molar-refractivity contribution in [2.24, 2.45) is 0 Å². The molecule has 0 saturated heterocycles. The van der Waals surface area contributed by atoms with Crippen molar-refractivity contribution in [1.29, 1.82) is 0 Å². The summed E-state index contributed by atoms with van der Waals surface area (Å²) >= 11 is 0. The van der Waals surface area contributed by atoms with E-state index in [4.69, 9.17) is 9.47 Å². The molecule has 86 valence electrons. The molecule has 0 fully saturated rings. The van der Waals surface area contributed by atoms with Crippen LogP contribution >= 0.6 is 0 Å². The van der Waals surface area contributed by atoms with Crippen LogP contribution in [-0.2, 0) is 20.9 Å². The summed E-state index contributed by atoms with van der Waals surface area (Å²) in [5.41, 5.74) is 1.05. The van der Waals surface area contributed by atoms with E-state index in [1.165, 1.54) is 6.08 Å². The van der Waals surface area contributed by atoms with Gasteiger partial charge in [-0.05, 0) is 19.4 Å². The first kappa shape index (κ1) is 12.5. The van der Waals surface area contributed by atoms with Gasteiger partial charge < -0.3 is 9.47 Å². The van der Waals surface area contributed by atoms with Crippen LogP contribution in [0.4, 0.5) is 0 Å². The minimum atomic E-state index is -0.538. The number of allylic oxidation sites excluding steroid dienone is 1. The molecule has 0 aromatic heterocycles. The normalized spacial score (nSPS) is 12.6. The van der Waals surface area contributed by atoms with Crippen LogP contribution in [0.1, 0.15) is 19.4 Å². The molecule has 3 nitrogen and oxygen atoms in total. The zero-order valence-corrected chi connectivity index (χ0v) is 9.55. The maximum Gasteiger partial charge on any atom is 0.332 e. The molecule has 16 heavy (non-hydrogen) atoms. The summed E-state index contributed by atoms with van der Waals surface area (Å²) < 4.78 is 10.3. The van der Waals surface area contributed by atoms with Gasteiger partial charge in [-0.25, -0.2) is 4.79 Å². The van der Waals surface area contributed by atoms with E-state index >= 15 is 0 Å². The Labute approximate surface area is 95.7 Å². The first-order chi connectivity index (χ1) is 7.72. The van der Waals surface area contributed by atoms with E-state index in [-0.39, 0.29) is 5.97 Å². The lowest BCUT2D eigenvalue weighted by Gasteiger charge is -2.12. The minimum Gasteiger partial charge on any atom is -0.433 e. The van der Waals surface area contributed by atoms with Gasteiger partial charge in [0, 0.05) is 6.08 Å². The van der Waals surface area contributed by atoms with E-state index < -0.39 is 6.29 Å². The first-order valence-electron chi connectivity index (χ1n) is 5.21. The molecule has 0 aliphatic rings. The van der Waals surface area contributed by atoms with E-state index in [9.17, 15) is 4.79 Å². The molecular weight excluding hydrogens is 204 g/mol. The Hall–Kier alpha value is -1.61. The highest BCUT2D eigenvalue weighted by Gasteiger charge is 2.06. The van der Waals surface area contributed by atoms with Gasteiger partial charge in [0.1, 0.15) is 0 Å². The molecule has 0 saturated carbocycles. The molecule has 1 rings (SSSR count). The van der Waals surface area contributed by atoms with Crippen molar-refractivity contribution in [1.82, 2.24) is 0 Å². The molecule has 0 aliphatic carbocycles. The topological polar surface area (TPSA) is 35.5 Å². The Balaban J connectivity index is 2.30. The van der Waals surface area contributed by atoms with E-state index in [1.807, 2.05) is 30.3 Å². The SMILES string of the molecule is CC=CC(=O)OC(C)OCc1ccccc1. The van der Waals surface area contributed by atoms with Crippen molar-refractivity contribution in [3.05, 3.63) is 48.0 Å². The second-order valence-electron chi connectivity index (χ2n) is 3.30. The molecule has 1 aromatic carbocycles. The van der Waals surface area contributed by atoms with Crippen molar-refractivity contribution in [2.75, 3.05) is 0 Å². The zero-order chi connectivity index (χ0) is 11.8. The molecule has 0 N–H and O–H groups in total. The molecule has 0 radical (unpaired) electrons. The van der Waals surface area contributed by atoms with Gasteiger partial charge in [0.2, 0.25) is 6.29 Å². The number of ether oxygens (including phenoxy) is 2. The number of hydrogen-bond donors (Lipinski definition) is 0. The van der Waals surface area contributed by atoms with Gasteiger partial charge in [0.25, 0.3) is 0 Å². The highest BCUT2D eigenvalue weighted by atomic mass is 16.7. The summed E-state index contributed by atoms with van der Waals surface area (Å²) in [7, 11) is 0. The lowest BCUT2D eigenvalue weighted by atomic mass is 10.2. The molecule has 0 aliphatic heterocycles. The highest BCUT2D eigenvalue weighted by Crippen LogP contribution is 2.04. The van der Waals surface area contributed by atoms with Crippen LogP contribution in [0.3, 0.4) is 0 Å². The monoisotopic (exact) mass is 220 g/mol. The lowest BCUT2D eigenvalue weighted by molar-refractivity contribution is -0.171. The third kappa shape index (κ3) is 4.75. The summed E-state index contributed by atoms with van der Waals surface area (Å²) in [5.74, 6) is -0.386. The third-order valence-electron chi connectivity index (χ3n) is 1.91. The average molecular weight is 220 g/mol. The molecule has 0 heterocycles. The Morgan fingerprint density at radius 2 is 2.06 bits per heavy atom. The summed E-state index contributed by atoms with van der Waals surface area (Å²) in [6.45, 7) is 3.90. The zero-order valence-electron chi connectivity index (χ0n) is 9.55. The molecule has 3 heteroatoms. The van der Waals surface area contributed by atoms with Crippen LogP contribution in [0.5, 0.6) is 0 Å². The molecule has 1 aromatic rings. The Morgan fingerprint density at radius 3 is 2.69 bits per heavy atom. The van der Waals surface area contributed by atoms with Gasteiger partial charge >= 0.3 is 5.97 Å². The van der Waals surface area contributed by atoms with Crippen LogP contribution in [0.2, 0.25) is 0 Å². The molecule has 0 spiro atoms. The number of esters is 1. The van der Waals surface area contributed by atoms with Crippen molar-refractivity contribution in [3.8, 4) is 0 Å². The van der Waals surface area contributed by atoms with Gasteiger partial charge in [0.05, 0.1) is 6.61 Å². The van der Waals surface area contributed by atoms with Crippen LogP contribution in [0.15, 0.2) is 42.5 Å². The van der Waals surface area contributed by atoms with Crippen LogP contribution in [0, 0.1) is 0 Å². The third-order valence-corrected chi connectivity index (χ3v) is 1.91. The Bertz CT molecular complexity index is 343. The van der Waals surface area contributed by atoms with E-state index in [2.05, 4.69) is 0 Å². The van der Waals surface area contributed by atoms with Gasteiger partial charge in [-0.1, -0.05) is 36.4 Å². The van der Waals surface area contributed by atoms with Crippen LogP contribution < -0.4 is 0 Å². The lowest BCUT2D eigenvalue weighted by Crippen LogP contribution is -2.16. The number of hydrogen-bond acceptors (Lipinski definition) is 3. The quantitative estimate of drug-likeness (QED) is 0.435. The first-order valence-corrected chi connectivity index (χ1v) is 5.21. The summed E-state index contributed by atoms with van der Waals surface area (Å²) in [6.07, 6.45) is 2.46. The Kier molecular flexibility index (Phi) is 5.29. The molecule has 1 unspecified atom stereocenters. The van der Waals surface area contributed by atoms with Gasteiger partial charge in [-0.2, -0.15) is 0 Å². The minimum absolute atomic E-state index is 0.386. The fourth-order valence-corrected chi connectivity index (χ4v) is 1.16. The number of carbonyl (C=O) groups excluding carboxylic acids is 1. The maximum absolute atomic E-state index is 11.1. The number of carbonyl (C=O) groups is 1. The standard InChI is InChI=1S/C13H16O3/c1-3-7-13(14)16-11(2)15-10-12-8-5-4-6-9-12/h3-9,11H,10H2,1-2H3. The fraction of sp³-hybridized carbons (Fsp3) is 0.308. The van der Waals surface area contributed by atoms with Crippen molar-refractivity contribution >= 4 is 5.97 Å². The predicted molar refractivity (Wildman–Crippen MR) is 61.6 cm³/mol. The largest absolute Gasteiger partial charge is 0.433 e. The molecule has 0 bridgehead atoms. The highest BCUT2D eigenvalue weighted by molar-refractivity contribution is 5.81. The second-order valence-corrected chi connectivity index (χ2v) is 3.30. The predicted octanol–water partition coefficient (Wildman–Crippen LogP) is 2.67. The fourth-order valence-electron chi connectivity index (χ4n) is 1.16. The van der Waals surface area contributed by atoms with Crippen molar-refractivity contribution in [3.63, 3.8) is 0 Å². The van der Waals surface area contributed by atoms with Gasteiger partial charge in [-0.15, -0.1) is 0 Å². The van der Waals surface area contributed by atoms with Gasteiger partial charge in [-0.3, -0.25) is 0 Å². The van der Waals surface area contributed by atoms with E-state index in [0.717, 1.165) is 5.56 Å².